The topological polar surface area (TPSA) is 95.9 Å². The van der Waals surface area contributed by atoms with Crippen molar-refractivity contribution in [1.82, 2.24) is 10.2 Å². The number of ether oxygens (including phenoxy) is 1. The Morgan fingerprint density at radius 1 is 1.03 bits per heavy atom. The van der Waals surface area contributed by atoms with Crippen LogP contribution in [0.25, 0.3) is 11.1 Å². The van der Waals surface area contributed by atoms with E-state index in [-0.39, 0.29) is 18.6 Å². The maximum Gasteiger partial charge on any atom is 0.407 e. The number of amides is 2. The Bertz CT molecular complexity index is 1190. The molecule has 0 radical (unpaired) electrons. The second kappa shape index (κ2) is 9.92. The number of carbonyl (C=O) groups is 3. The number of thiophene rings is 1. The standard InChI is InChI=1S/C27H26N2O5S/c30-25(31)13-24(26(32)29(18-9-10-18)14-17-11-12-35-16-17)28-27(33)34-15-23-21-7-3-1-5-19(21)20-6-2-4-8-22(20)23/h1-8,11-12,16,18,23-24H,9-10,13-15H2,(H,28,33)(H,30,31). The van der Waals surface area contributed by atoms with Gasteiger partial charge in [-0.3, -0.25) is 9.59 Å². The summed E-state index contributed by atoms with van der Waals surface area (Å²) >= 11 is 1.54. The third-order valence-corrected chi connectivity index (χ3v) is 7.25. The molecular formula is C27H26N2O5S. The van der Waals surface area contributed by atoms with Gasteiger partial charge in [0.15, 0.2) is 0 Å². The van der Waals surface area contributed by atoms with Gasteiger partial charge in [0.25, 0.3) is 0 Å². The van der Waals surface area contributed by atoms with Gasteiger partial charge in [-0.15, -0.1) is 0 Å². The molecule has 1 fully saturated rings. The van der Waals surface area contributed by atoms with Gasteiger partial charge in [-0.1, -0.05) is 48.5 Å². The minimum atomic E-state index is -1.19. The van der Waals surface area contributed by atoms with Gasteiger partial charge in [0.1, 0.15) is 12.6 Å². The number of rotatable bonds is 9. The molecule has 7 nitrogen and oxygen atoms in total. The lowest BCUT2D eigenvalue weighted by molar-refractivity contribution is -0.143. The first-order valence-electron chi connectivity index (χ1n) is 11.7. The Hall–Kier alpha value is -3.65. The summed E-state index contributed by atoms with van der Waals surface area (Å²) in [6, 6.07) is 16.9. The summed E-state index contributed by atoms with van der Waals surface area (Å²) in [6.07, 6.45) is 0.453. The highest BCUT2D eigenvalue weighted by atomic mass is 32.1. The van der Waals surface area contributed by atoms with Crippen LogP contribution < -0.4 is 5.32 Å². The van der Waals surface area contributed by atoms with E-state index in [2.05, 4.69) is 17.4 Å². The Morgan fingerprint density at radius 2 is 1.69 bits per heavy atom. The van der Waals surface area contributed by atoms with Crippen LogP contribution in [0.3, 0.4) is 0 Å². The van der Waals surface area contributed by atoms with Crippen molar-refractivity contribution in [2.45, 2.75) is 43.8 Å². The summed E-state index contributed by atoms with van der Waals surface area (Å²) in [6.45, 7) is 0.491. The first-order valence-corrected chi connectivity index (χ1v) is 12.6. The lowest BCUT2D eigenvalue weighted by Crippen LogP contribution is -2.50. The summed E-state index contributed by atoms with van der Waals surface area (Å²) in [5.41, 5.74) is 5.38. The fourth-order valence-electron chi connectivity index (χ4n) is 4.71. The van der Waals surface area contributed by atoms with E-state index in [1.165, 1.54) is 0 Å². The minimum absolute atomic E-state index is 0.0722. The lowest BCUT2D eigenvalue weighted by atomic mass is 9.98. The fraction of sp³-hybridized carbons (Fsp3) is 0.296. The van der Waals surface area contributed by atoms with E-state index in [0.29, 0.717) is 6.54 Å². The predicted octanol–water partition coefficient (Wildman–Crippen LogP) is 4.62. The molecule has 0 spiro atoms. The highest BCUT2D eigenvalue weighted by Crippen LogP contribution is 2.44. The third kappa shape index (κ3) is 5.07. The molecule has 1 saturated carbocycles. The number of alkyl carbamates (subject to hydrolysis) is 1. The molecule has 1 heterocycles. The molecular weight excluding hydrogens is 464 g/mol. The van der Waals surface area contributed by atoms with Crippen LogP contribution in [0.1, 0.15) is 41.9 Å². The first-order chi connectivity index (χ1) is 17.0. The van der Waals surface area contributed by atoms with Crippen LogP contribution in [0.15, 0.2) is 65.4 Å². The maximum absolute atomic E-state index is 13.3. The number of carbonyl (C=O) groups excluding carboxylic acids is 2. The normalized spacial score (nSPS) is 15.1. The summed E-state index contributed by atoms with van der Waals surface area (Å²) in [7, 11) is 0. The number of fused-ring (bicyclic) bond motifs is 3. The van der Waals surface area contributed by atoms with Crippen molar-refractivity contribution in [2.75, 3.05) is 6.61 Å². The van der Waals surface area contributed by atoms with Crippen molar-refractivity contribution in [1.29, 1.82) is 0 Å². The molecule has 8 heteroatoms. The monoisotopic (exact) mass is 490 g/mol. The number of nitrogens with one attached hydrogen (secondary N) is 1. The molecule has 180 valence electrons. The van der Waals surface area contributed by atoms with Gasteiger partial charge in [0.2, 0.25) is 5.91 Å². The van der Waals surface area contributed by atoms with Gasteiger partial charge >= 0.3 is 12.1 Å². The molecule has 5 rings (SSSR count). The van der Waals surface area contributed by atoms with Crippen LogP contribution in [0, 0.1) is 0 Å². The van der Waals surface area contributed by atoms with Crippen molar-refractivity contribution < 1.29 is 24.2 Å². The second-order valence-electron chi connectivity index (χ2n) is 8.95. The Morgan fingerprint density at radius 3 is 2.26 bits per heavy atom. The molecule has 0 aliphatic heterocycles. The predicted molar refractivity (Wildman–Crippen MR) is 132 cm³/mol. The van der Waals surface area contributed by atoms with Crippen LogP contribution >= 0.6 is 11.3 Å². The fourth-order valence-corrected chi connectivity index (χ4v) is 5.37. The minimum Gasteiger partial charge on any atom is -0.481 e. The maximum atomic E-state index is 13.3. The van der Waals surface area contributed by atoms with E-state index in [1.54, 1.807) is 16.2 Å². The molecule has 2 aliphatic rings. The Labute approximate surface area is 207 Å². The van der Waals surface area contributed by atoms with Gasteiger partial charge in [-0.05, 0) is 57.5 Å². The van der Waals surface area contributed by atoms with Gasteiger partial charge in [0.05, 0.1) is 6.42 Å². The number of aliphatic carboxylic acids is 1. The molecule has 3 aromatic rings. The quantitative estimate of drug-likeness (QED) is 0.456. The first kappa shape index (κ1) is 23.1. The van der Waals surface area contributed by atoms with E-state index in [4.69, 9.17) is 4.74 Å². The summed E-state index contributed by atoms with van der Waals surface area (Å²) in [5, 5.41) is 15.8. The number of hydrogen-bond donors (Lipinski definition) is 2. The zero-order valence-corrected chi connectivity index (χ0v) is 19.9. The highest BCUT2D eigenvalue weighted by Gasteiger charge is 2.38. The van der Waals surface area contributed by atoms with Crippen LogP contribution in [0.5, 0.6) is 0 Å². The number of carboxylic acid groups (broad SMARTS) is 1. The van der Waals surface area contributed by atoms with E-state index in [1.807, 2.05) is 53.2 Å². The highest BCUT2D eigenvalue weighted by molar-refractivity contribution is 7.07. The van der Waals surface area contributed by atoms with E-state index < -0.39 is 30.4 Å². The molecule has 1 unspecified atom stereocenters. The zero-order valence-electron chi connectivity index (χ0n) is 19.1. The van der Waals surface area contributed by atoms with Crippen molar-refractivity contribution in [2.24, 2.45) is 0 Å². The van der Waals surface area contributed by atoms with Gasteiger partial charge in [-0.2, -0.15) is 11.3 Å². The van der Waals surface area contributed by atoms with E-state index in [0.717, 1.165) is 40.7 Å². The molecule has 0 saturated heterocycles. The molecule has 2 N–H and O–H groups in total. The van der Waals surface area contributed by atoms with E-state index in [9.17, 15) is 19.5 Å². The van der Waals surface area contributed by atoms with Gasteiger partial charge in [0, 0.05) is 18.5 Å². The zero-order chi connectivity index (χ0) is 24.4. The van der Waals surface area contributed by atoms with Crippen molar-refractivity contribution >= 4 is 29.3 Å². The number of carboxylic acids is 1. The molecule has 35 heavy (non-hydrogen) atoms. The number of benzene rings is 2. The summed E-state index contributed by atoms with van der Waals surface area (Å²) < 4.78 is 5.55. The number of hydrogen-bond acceptors (Lipinski definition) is 5. The summed E-state index contributed by atoms with van der Waals surface area (Å²) in [5.74, 6) is -1.67. The number of nitrogens with zero attached hydrogens (tertiary/aromatic N) is 1. The van der Waals surface area contributed by atoms with Crippen LogP contribution in [-0.4, -0.2) is 46.7 Å². The molecule has 2 amide bonds. The lowest BCUT2D eigenvalue weighted by Gasteiger charge is -2.27. The largest absolute Gasteiger partial charge is 0.481 e. The van der Waals surface area contributed by atoms with Crippen molar-refractivity contribution in [3.63, 3.8) is 0 Å². The Balaban J connectivity index is 1.27. The van der Waals surface area contributed by atoms with Crippen molar-refractivity contribution in [3.8, 4) is 11.1 Å². The molecule has 0 bridgehead atoms. The Kier molecular flexibility index (Phi) is 6.55. The molecule has 1 aromatic heterocycles. The van der Waals surface area contributed by atoms with E-state index >= 15 is 0 Å². The van der Waals surface area contributed by atoms with Crippen LogP contribution in [-0.2, 0) is 20.9 Å². The van der Waals surface area contributed by atoms with Crippen LogP contribution in [0.2, 0.25) is 0 Å². The second-order valence-corrected chi connectivity index (χ2v) is 9.73. The van der Waals surface area contributed by atoms with Crippen molar-refractivity contribution in [3.05, 3.63) is 82.0 Å². The molecule has 2 aliphatic carbocycles. The summed E-state index contributed by atoms with van der Waals surface area (Å²) in [4.78, 5) is 39.2. The van der Waals surface area contributed by atoms with Crippen LogP contribution in [0.4, 0.5) is 4.79 Å². The average molecular weight is 491 g/mol. The average Bonchev–Trinajstić information content (AvgIpc) is 3.46. The molecule has 2 aromatic carbocycles. The van der Waals surface area contributed by atoms with Gasteiger partial charge < -0.3 is 20.1 Å². The SMILES string of the molecule is O=C(O)CC(NC(=O)OCC1c2ccccc2-c2ccccc21)C(=O)N(Cc1ccsc1)C1CC1. The molecule has 1 atom stereocenters. The smallest absolute Gasteiger partial charge is 0.407 e. The van der Waals surface area contributed by atoms with Gasteiger partial charge in [-0.25, -0.2) is 4.79 Å². The third-order valence-electron chi connectivity index (χ3n) is 6.52.